The van der Waals surface area contributed by atoms with Crippen LogP contribution in [0.1, 0.15) is 11.1 Å². The Bertz CT molecular complexity index is 3030. The van der Waals surface area contributed by atoms with Crippen molar-refractivity contribution in [3.63, 3.8) is 0 Å². The van der Waals surface area contributed by atoms with Gasteiger partial charge in [0.25, 0.3) is 0 Å². The van der Waals surface area contributed by atoms with Crippen LogP contribution >= 0.6 is 0 Å². The molecule has 0 bridgehead atoms. The van der Waals surface area contributed by atoms with Crippen LogP contribution in [-0.2, 0) is 0 Å². The maximum atomic E-state index is 10.7. The molecule has 0 aliphatic rings. The molecule has 0 saturated heterocycles. The molecule has 0 unspecified atom stereocenters. The molecule has 3 heterocycles. The van der Waals surface area contributed by atoms with Crippen molar-refractivity contribution in [1.82, 2.24) is 9.13 Å². The molecule has 5 heteroatoms. The molecule has 0 aliphatic heterocycles. The second kappa shape index (κ2) is 10.2. The molecule has 10 aromatic rings. The lowest BCUT2D eigenvalue weighted by molar-refractivity contribution is 0.673. The van der Waals surface area contributed by atoms with Gasteiger partial charge in [0.2, 0.25) is 0 Å². The van der Waals surface area contributed by atoms with Crippen molar-refractivity contribution >= 4 is 65.6 Å². The summed E-state index contributed by atoms with van der Waals surface area (Å²) >= 11 is 0. The number of aromatic nitrogens is 2. The Morgan fingerprint density at radius 1 is 0.449 bits per heavy atom. The molecule has 0 aliphatic carbocycles. The monoisotopic (exact) mass is 624 g/mol. The maximum absolute atomic E-state index is 10.7. The molecule has 0 radical (unpaired) electrons. The zero-order valence-corrected chi connectivity index (χ0v) is 26.1. The molecule has 3 aromatic heterocycles. The normalized spacial score (nSPS) is 11.6. The van der Waals surface area contributed by atoms with Crippen LogP contribution in [0.4, 0.5) is 0 Å². The number of nitrogens with zero attached hydrogens (tertiary/aromatic N) is 4. The van der Waals surface area contributed by atoms with Gasteiger partial charge in [-0.15, -0.1) is 0 Å². The molecule has 10 rings (SSSR count). The van der Waals surface area contributed by atoms with E-state index in [1.54, 1.807) is 0 Å². The average Bonchev–Trinajstić information content (AvgIpc) is 3.82. The van der Waals surface area contributed by atoms with E-state index in [9.17, 15) is 10.5 Å². The third-order valence-electron chi connectivity index (χ3n) is 9.81. The lowest BCUT2D eigenvalue weighted by atomic mass is 9.95. The largest absolute Gasteiger partial charge is 0.455 e. The molecule has 0 fully saturated rings. The molecular formula is C44H24N4O. The highest BCUT2D eigenvalue weighted by molar-refractivity contribution is 6.23. The number of rotatable bonds is 3. The number of para-hydroxylation sites is 5. The minimum atomic E-state index is 0.519. The first-order valence-corrected chi connectivity index (χ1v) is 16.1. The number of benzene rings is 7. The summed E-state index contributed by atoms with van der Waals surface area (Å²) in [6.07, 6.45) is 0. The molecule has 5 nitrogen and oxygen atoms in total. The fourth-order valence-corrected chi connectivity index (χ4v) is 7.77. The van der Waals surface area contributed by atoms with Gasteiger partial charge in [0.15, 0.2) is 0 Å². The molecule has 0 amide bonds. The number of nitriles is 2. The summed E-state index contributed by atoms with van der Waals surface area (Å²) in [5.41, 5.74) is 10.0. The van der Waals surface area contributed by atoms with Crippen LogP contribution in [-0.4, -0.2) is 9.13 Å². The van der Waals surface area contributed by atoms with Crippen molar-refractivity contribution in [2.45, 2.75) is 0 Å². The molecular weight excluding hydrogens is 601 g/mol. The molecule has 0 spiro atoms. The van der Waals surface area contributed by atoms with E-state index in [1.807, 2.05) is 78.9 Å². The predicted molar refractivity (Wildman–Crippen MR) is 197 cm³/mol. The van der Waals surface area contributed by atoms with Crippen molar-refractivity contribution in [3.05, 3.63) is 157 Å². The predicted octanol–water partition coefficient (Wildman–Crippen LogP) is 11.2. The van der Waals surface area contributed by atoms with Gasteiger partial charge in [0, 0.05) is 43.7 Å². The molecule has 226 valence electrons. The van der Waals surface area contributed by atoms with Gasteiger partial charge in [-0.1, -0.05) is 91.0 Å². The fourth-order valence-electron chi connectivity index (χ4n) is 7.77. The van der Waals surface area contributed by atoms with E-state index in [1.165, 1.54) is 0 Å². The highest BCUT2D eigenvalue weighted by Gasteiger charge is 2.22. The van der Waals surface area contributed by atoms with Crippen molar-refractivity contribution in [2.75, 3.05) is 0 Å². The molecule has 49 heavy (non-hydrogen) atoms. The summed E-state index contributed by atoms with van der Waals surface area (Å²) in [5, 5.41) is 27.6. The smallest absolute Gasteiger partial charge is 0.145 e. The van der Waals surface area contributed by atoms with Gasteiger partial charge >= 0.3 is 0 Å². The van der Waals surface area contributed by atoms with E-state index in [0.717, 1.165) is 88.1 Å². The first-order valence-electron chi connectivity index (χ1n) is 16.1. The third kappa shape index (κ3) is 3.73. The van der Waals surface area contributed by atoms with Crippen LogP contribution in [0.3, 0.4) is 0 Å². The summed E-state index contributed by atoms with van der Waals surface area (Å²) in [5.74, 6) is 0. The Morgan fingerprint density at radius 2 is 1.08 bits per heavy atom. The topological polar surface area (TPSA) is 70.6 Å². The van der Waals surface area contributed by atoms with Crippen molar-refractivity contribution in [3.8, 4) is 34.6 Å². The minimum absolute atomic E-state index is 0.519. The van der Waals surface area contributed by atoms with Gasteiger partial charge in [0.05, 0.1) is 50.3 Å². The Hall–Kier alpha value is -7.08. The van der Waals surface area contributed by atoms with E-state index in [2.05, 4.69) is 88.0 Å². The second-order valence-electron chi connectivity index (χ2n) is 12.3. The number of fused-ring (bicyclic) bond motifs is 10. The minimum Gasteiger partial charge on any atom is -0.455 e. The van der Waals surface area contributed by atoms with Crippen LogP contribution in [0.15, 0.2) is 150 Å². The van der Waals surface area contributed by atoms with Crippen molar-refractivity contribution < 1.29 is 4.42 Å². The Kier molecular flexibility index (Phi) is 5.64. The standard InChI is InChI=1S/C44H24N4O/c45-25-27-10-9-15-34(43(27)48-37-16-5-1-11-31(37)32-12-2-6-17-38(32)48)30-21-20-29(24-28(30)26-46)47-39-18-7-3-14-36(39)42-40(47)23-22-35-33-13-4-8-19-41(33)49-44(35)42/h1-24H. The summed E-state index contributed by atoms with van der Waals surface area (Å²) in [6, 6.07) is 54.0. The van der Waals surface area contributed by atoms with Crippen LogP contribution < -0.4 is 0 Å². The van der Waals surface area contributed by atoms with Gasteiger partial charge in [-0.05, 0) is 54.6 Å². The van der Waals surface area contributed by atoms with Gasteiger partial charge in [-0.25, -0.2) is 0 Å². The fraction of sp³-hybridized carbons (Fsp3) is 0. The van der Waals surface area contributed by atoms with Crippen LogP contribution in [0.25, 0.3) is 88.1 Å². The van der Waals surface area contributed by atoms with Gasteiger partial charge in [0.1, 0.15) is 17.2 Å². The van der Waals surface area contributed by atoms with Gasteiger partial charge in [-0.3, -0.25) is 0 Å². The SMILES string of the molecule is N#Cc1cc(-n2c3ccccc3c3c4oc5ccccc5c4ccc32)ccc1-c1cccc(C#N)c1-n1c2ccccc2c2ccccc21. The number of hydrogen-bond acceptors (Lipinski definition) is 3. The van der Waals surface area contributed by atoms with Crippen molar-refractivity contribution in [2.24, 2.45) is 0 Å². The quantitative estimate of drug-likeness (QED) is 0.196. The molecule has 7 aromatic carbocycles. The van der Waals surface area contributed by atoms with E-state index in [4.69, 9.17) is 4.42 Å². The van der Waals surface area contributed by atoms with Crippen molar-refractivity contribution in [1.29, 1.82) is 10.5 Å². The lowest BCUT2D eigenvalue weighted by Gasteiger charge is -2.17. The highest BCUT2D eigenvalue weighted by Crippen LogP contribution is 2.42. The van der Waals surface area contributed by atoms with E-state index in [-0.39, 0.29) is 0 Å². The Balaban J connectivity index is 1.23. The maximum Gasteiger partial charge on any atom is 0.145 e. The summed E-state index contributed by atoms with van der Waals surface area (Å²) < 4.78 is 10.9. The van der Waals surface area contributed by atoms with Crippen LogP contribution in [0.5, 0.6) is 0 Å². The zero-order chi connectivity index (χ0) is 32.6. The number of hydrogen-bond donors (Lipinski definition) is 0. The summed E-state index contributed by atoms with van der Waals surface area (Å²) in [6.45, 7) is 0. The third-order valence-corrected chi connectivity index (χ3v) is 9.81. The summed E-state index contributed by atoms with van der Waals surface area (Å²) in [7, 11) is 0. The van der Waals surface area contributed by atoms with Crippen LogP contribution in [0, 0.1) is 22.7 Å². The number of furan rings is 1. The van der Waals surface area contributed by atoms with E-state index >= 15 is 0 Å². The first-order chi connectivity index (χ1) is 24.2. The van der Waals surface area contributed by atoms with E-state index in [0.29, 0.717) is 11.1 Å². The second-order valence-corrected chi connectivity index (χ2v) is 12.3. The first kappa shape index (κ1) is 27.1. The van der Waals surface area contributed by atoms with E-state index < -0.39 is 0 Å². The van der Waals surface area contributed by atoms with Crippen LogP contribution in [0.2, 0.25) is 0 Å². The average molecular weight is 625 g/mol. The summed E-state index contributed by atoms with van der Waals surface area (Å²) in [4.78, 5) is 0. The molecule has 0 saturated carbocycles. The molecule has 0 atom stereocenters. The van der Waals surface area contributed by atoms with Gasteiger partial charge in [-0.2, -0.15) is 10.5 Å². The highest BCUT2D eigenvalue weighted by atomic mass is 16.3. The van der Waals surface area contributed by atoms with Gasteiger partial charge < -0.3 is 13.6 Å². The Labute approximate surface area is 280 Å². The zero-order valence-electron chi connectivity index (χ0n) is 26.1. The molecule has 0 N–H and O–H groups in total. The lowest BCUT2D eigenvalue weighted by Crippen LogP contribution is -2.02. The Morgan fingerprint density at radius 3 is 1.80 bits per heavy atom.